The molecule has 1 amide bonds. The van der Waals surface area contributed by atoms with Crippen LogP contribution < -0.4 is 5.32 Å². The van der Waals surface area contributed by atoms with Crippen molar-refractivity contribution < 1.29 is 4.79 Å². The number of halogens is 2. The van der Waals surface area contributed by atoms with Gasteiger partial charge in [-0.05, 0) is 31.0 Å². The zero-order valence-electron chi connectivity index (χ0n) is 11.7. The zero-order valence-corrected chi connectivity index (χ0v) is 13.2. The molecule has 5 nitrogen and oxygen atoms in total. The van der Waals surface area contributed by atoms with Crippen molar-refractivity contribution >= 4 is 40.7 Å². The molecule has 3 rings (SSSR count). The van der Waals surface area contributed by atoms with E-state index in [1.165, 1.54) is 0 Å². The summed E-state index contributed by atoms with van der Waals surface area (Å²) in [4.78, 5) is 22.5. The van der Waals surface area contributed by atoms with Crippen molar-refractivity contribution in [1.82, 2.24) is 14.9 Å². The molecule has 0 aliphatic carbocycles. The number of nitrogens with zero attached hydrogens (tertiary/aromatic N) is 3. The summed E-state index contributed by atoms with van der Waals surface area (Å²) in [6.07, 6.45) is 3.64. The van der Waals surface area contributed by atoms with Gasteiger partial charge < -0.3 is 10.2 Å². The fourth-order valence-corrected chi connectivity index (χ4v) is 2.69. The topological polar surface area (TPSA) is 58.1 Å². The molecule has 1 aromatic heterocycles. The van der Waals surface area contributed by atoms with E-state index in [1.807, 2.05) is 0 Å². The Morgan fingerprint density at radius 2 is 1.95 bits per heavy atom. The van der Waals surface area contributed by atoms with Crippen molar-refractivity contribution in [3.63, 3.8) is 0 Å². The molecule has 0 unspecified atom stereocenters. The van der Waals surface area contributed by atoms with Crippen molar-refractivity contribution in [2.45, 2.75) is 12.8 Å². The van der Waals surface area contributed by atoms with E-state index in [9.17, 15) is 4.79 Å². The van der Waals surface area contributed by atoms with E-state index in [2.05, 4.69) is 15.3 Å². The lowest BCUT2D eigenvalue weighted by Crippen LogP contribution is -2.28. The van der Waals surface area contributed by atoms with Gasteiger partial charge in [-0.15, -0.1) is 0 Å². The van der Waals surface area contributed by atoms with Crippen molar-refractivity contribution in [3.8, 4) is 0 Å². The molecular weight excluding hydrogens is 323 g/mol. The molecule has 2 aromatic rings. The normalized spacial score (nSPS) is 14.2. The minimum atomic E-state index is -0.0693. The third-order valence-electron chi connectivity index (χ3n) is 3.47. The number of nitrogens with one attached hydrogen (secondary N) is 1. The second kappa shape index (κ2) is 6.50. The summed E-state index contributed by atoms with van der Waals surface area (Å²) in [5.74, 6) is 0.245. The highest BCUT2D eigenvalue weighted by Crippen LogP contribution is 2.30. The van der Waals surface area contributed by atoms with E-state index in [4.69, 9.17) is 23.2 Å². The van der Waals surface area contributed by atoms with Crippen LogP contribution in [0.3, 0.4) is 0 Å². The number of benzene rings is 1. The number of rotatable bonds is 3. The summed E-state index contributed by atoms with van der Waals surface area (Å²) in [6, 6.07) is 6.86. The Labute approximate surface area is 138 Å². The molecule has 1 aliphatic heterocycles. The molecule has 0 spiro atoms. The van der Waals surface area contributed by atoms with Gasteiger partial charge in [0.05, 0.1) is 15.7 Å². The molecule has 1 fully saturated rings. The highest BCUT2D eigenvalue weighted by atomic mass is 35.5. The first-order chi connectivity index (χ1) is 10.6. The van der Waals surface area contributed by atoms with E-state index in [0.717, 1.165) is 25.9 Å². The Morgan fingerprint density at radius 1 is 1.18 bits per heavy atom. The Balaban J connectivity index is 1.82. The van der Waals surface area contributed by atoms with Gasteiger partial charge in [0.25, 0.3) is 5.91 Å². The van der Waals surface area contributed by atoms with Crippen LogP contribution in [0.5, 0.6) is 0 Å². The molecule has 0 saturated carbocycles. The van der Waals surface area contributed by atoms with Crippen LogP contribution in [0.25, 0.3) is 0 Å². The lowest BCUT2D eigenvalue weighted by Gasteiger charge is -2.15. The van der Waals surface area contributed by atoms with E-state index < -0.39 is 0 Å². The van der Waals surface area contributed by atoms with Gasteiger partial charge in [-0.25, -0.2) is 9.97 Å². The number of hydrogen-bond donors (Lipinski definition) is 1. The lowest BCUT2D eigenvalue weighted by molar-refractivity contribution is 0.0787. The minimum absolute atomic E-state index is 0.0693. The first-order valence-corrected chi connectivity index (χ1v) is 7.74. The number of likely N-dealkylation sites (tertiary alicyclic amines) is 1. The Kier molecular flexibility index (Phi) is 4.45. The summed E-state index contributed by atoms with van der Waals surface area (Å²) in [5.41, 5.74) is 0.970. The summed E-state index contributed by atoms with van der Waals surface area (Å²) in [5, 5.41) is 3.82. The number of carbonyl (C=O) groups excluding carboxylic acids is 1. The summed E-state index contributed by atoms with van der Waals surface area (Å²) in [7, 11) is 0. The zero-order chi connectivity index (χ0) is 15.5. The van der Waals surface area contributed by atoms with Crippen LogP contribution in [0.1, 0.15) is 23.3 Å². The maximum Gasteiger partial charge on any atom is 0.272 e. The smallest absolute Gasteiger partial charge is 0.272 e. The summed E-state index contributed by atoms with van der Waals surface area (Å²) < 4.78 is 0. The highest BCUT2D eigenvalue weighted by molar-refractivity contribution is 6.43. The van der Waals surface area contributed by atoms with Gasteiger partial charge in [-0.1, -0.05) is 29.3 Å². The van der Waals surface area contributed by atoms with Crippen molar-refractivity contribution in [3.05, 3.63) is 46.2 Å². The van der Waals surface area contributed by atoms with Crippen LogP contribution in [-0.2, 0) is 0 Å². The average Bonchev–Trinajstić information content (AvgIpc) is 3.06. The van der Waals surface area contributed by atoms with Crippen molar-refractivity contribution in [2.24, 2.45) is 0 Å². The van der Waals surface area contributed by atoms with Crippen LogP contribution in [0.15, 0.2) is 30.5 Å². The molecule has 1 aromatic carbocycles. The largest absolute Gasteiger partial charge is 0.337 e. The number of carbonyl (C=O) groups is 1. The SMILES string of the molecule is O=C(c1ccnc(Nc2cccc(Cl)c2Cl)n1)N1CCCC1. The molecule has 22 heavy (non-hydrogen) atoms. The van der Waals surface area contributed by atoms with Gasteiger partial charge in [0, 0.05) is 19.3 Å². The molecule has 114 valence electrons. The van der Waals surface area contributed by atoms with Crippen molar-refractivity contribution in [2.75, 3.05) is 18.4 Å². The molecule has 0 bridgehead atoms. The van der Waals surface area contributed by atoms with E-state index in [0.29, 0.717) is 27.4 Å². The van der Waals surface area contributed by atoms with Gasteiger partial charge in [0.15, 0.2) is 0 Å². The Bertz CT molecular complexity index is 702. The van der Waals surface area contributed by atoms with Crippen LogP contribution in [-0.4, -0.2) is 33.9 Å². The molecule has 0 radical (unpaired) electrons. The number of hydrogen-bond acceptors (Lipinski definition) is 4. The molecule has 1 N–H and O–H groups in total. The molecule has 1 aliphatic rings. The molecular formula is C15H14Cl2N4O. The van der Waals surface area contributed by atoms with E-state index in [1.54, 1.807) is 35.4 Å². The molecule has 1 saturated heterocycles. The third-order valence-corrected chi connectivity index (χ3v) is 4.28. The maximum atomic E-state index is 12.3. The van der Waals surface area contributed by atoms with Crippen LogP contribution in [0.2, 0.25) is 10.0 Å². The second-order valence-corrected chi connectivity index (χ2v) is 5.78. The molecule has 2 heterocycles. The van der Waals surface area contributed by atoms with E-state index in [-0.39, 0.29) is 5.91 Å². The monoisotopic (exact) mass is 336 g/mol. The van der Waals surface area contributed by atoms with Gasteiger partial charge in [-0.3, -0.25) is 4.79 Å². The predicted molar refractivity (Wildman–Crippen MR) is 86.9 cm³/mol. The fraction of sp³-hybridized carbons (Fsp3) is 0.267. The second-order valence-electron chi connectivity index (χ2n) is 4.99. The number of amides is 1. The first-order valence-electron chi connectivity index (χ1n) is 6.98. The van der Waals surface area contributed by atoms with E-state index >= 15 is 0 Å². The molecule has 0 atom stereocenters. The fourth-order valence-electron chi connectivity index (χ4n) is 2.34. The van der Waals surface area contributed by atoms with Gasteiger partial charge in [-0.2, -0.15) is 0 Å². The highest BCUT2D eigenvalue weighted by Gasteiger charge is 2.21. The summed E-state index contributed by atoms with van der Waals surface area (Å²) >= 11 is 12.1. The first kappa shape index (κ1) is 15.1. The number of anilines is 2. The van der Waals surface area contributed by atoms with Crippen LogP contribution in [0, 0.1) is 0 Å². The predicted octanol–water partition coefficient (Wildman–Crippen LogP) is 3.76. The van der Waals surface area contributed by atoms with Crippen LogP contribution >= 0.6 is 23.2 Å². The lowest BCUT2D eigenvalue weighted by atomic mass is 10.3. The third kappa shape index (κ3) is 3.15. The number of aromatic nitrogens is 2. The quantitative estimate of drug-likeness (QED) is 0.926. The molecule has 7 heteroatoms. The van der Waals surface area contributed by atoms with Gasteiger partial charge in [0.2, 0.25) is 5.95 Å². The Morgan fingerprint density at radius 3 is 2.73 bits per heavy atom. The minimum Gasteiger partial charge on any atom is -0.337 e. The van der Waals surface area contributed by atoms with Crippen LogP contribution in [0.4, 0.5) is 11.6 Å². The standard InChI is InChI=1S/C15H14Cl2N4O/c16-10-4-3-5-11(13(10)17)19-15-18-7-6-12(20-15)14(22)21-8-1-2-9-21/h3-7H,1-2,8-9H2,(H,18,19,20). The maximum absolute atomic E-state index is 12.3. The summed E-state index contributed by atoms with van der Waals surface area (Å²) in [6.45, 7) is 1.57. The Hall–Kier alpha value is -1.85. The van der Waals surface area contributed by atoms with Crippen molar-refractivity contribution in [1.29, 1.82) is 0 Å². The van der Waals surface area contributed by atoms with Gasteiger partial charge in [0.1, 0.15) is 5.69 Å². The average molecular weight is 337 g/mol. The van der Waals surface area contributed by atoms with Gasteiger partial charge >= 0.3 is 0 Å².